The van der Waals surface area contributed by atoms with Gasteiger partial charge in [0.2, 0.25) is 0 Å². The quantitative estimate of drug-likeness (QED) is 0.321. The molecule has 3 heterocycles. The van der Waals surface area contributed by atoms with E-state index in [0.717, 1.165) is 77.6 Å². The first-order valence-corrected chi connectivity index (χ1v) is 17.3. The SMILES string of the molecule is CN(C)S(=O)(=O)Nc1cccc([C@@H](CCN2CCC(O)CC2)NC(=O)c2nc3cc4c(nc3s2)CC[C@H](C(C)(C)C)C4)c1. The molecule has 10 nitrogen and oxygen atoms in total. The number of aromatic nitrogens is 2. The fourth-order valence-corrected chi connectivity index (χ4v) is 7.36. The predicted octanol–water partition coefficient (Wildman–Crippen LogP) is 4.38. The zero-order valence-electron chi connectivity index (χ0n) is 25.8. The summed E-state index contributed by atoms with van der Waals surface area (Å²) in [6.45, 7) is 9.20. The Labute approximate surface area is 259 Å². The molecule has 1 aromatic carbocycles. The summed E-state index contributed by atoms with van der Waals surface area (Å²) in [6.07, 6.45) is 4.86. The lowest BCUT2D eigenvalue weighted by atomic mass is 9.71. The Kier molecular flexibility index (Phi) is 9.43. The van der Waals surface area contributed by atoms with Crippen molar-refractivity contribution in [3.63, 3.8) is 0 Å². The van der Waals surface area contributed by atoms with Crippen LogP contribution in [-0.2, 0) is 23.1 Å². The molecule has 12 heteroatoms. The fraction of sp³-hybridized carbons (Fsp3) is 0.581. The van der Waals surface area contributed by atoms with E-state index in [0.29, 0.717) is 23.0 Å². The van der Waals surface area contributed by atoms with E-state index in [1.54, 1.807) is 18.2 Å². The molecule has 3 N–H and O–H groups in total. The first-order valence-electron chi connectivity index (χ1n) is 15.1. The van der Waals surface area contributed by atoms with Gasteiger partial charge in [-0.3, -0.25) is 9.52 Å². The number of carbonyl (C=O) groups excluding carboxylic acids is 1. The molecule has 234 valence electrons. The second-order valence-electron chi connectivity index (χ2n) is 13.1. The normalized spacial score (nSPS) is 19.4. The molecule has 0 saturated carbocycles. The van der Waals surface area contributed by atoms with E-state index in [-0.39, 0.29) is 23.5 Å². The molecule has 1 saturated heterocycles. The van der Waals surface area contributed by atoms with Crippen LogP contribution in [0.3, 0.4) is 0 Å². The van der Waals surface area contributed by atoms with Gasteiger partial charge in [0.05, 0.1) is 17.8 Å². The van der Waals surface area contributed by atoms with Gasteiger partial charge in [0.1, 0.15) is 10.3 Å². The summed E-state index contributed by atoms with van der Waals surface area (Å²) in [5.41, 5.74) is 4.56. The number of rotatable bonds is 9. The minimum absolute atomic E-state index is 0.228. The predicted molar refractivity (Wildman–Crippen MR) is 172 cm³/mol. The number of piperidine rings is 1. The van der Waals surface area contributed by atoms with Crippen molar-refractivity contribution < 1.29 is 18.3 Å². The van der Waals surface area contributed by atoms with Crippen molar-refractivity contribution in [1.82, 2.24) is 24.5 Å². The van der Waals surface area contributed by atoms with Gasteiger partial charge >= 0.3 is 10.2 Å². The van der Waals surface area contributed by atoms with Crippen LogP contribution in [0.2, 0.25) is 0 Å². The van der Waals surface area contributed by atoms with Gasteiger partial charge in [-0.05, 0) is 79.2 Å². The Morgan fingerprint density at radius 2 is 1.91 bits per heavy atom. The standard InChI is InChI=1S/C31H44N6O4S2/c1-31(2,3)22-9-10-25-21(17-22)19-27-29(33-25)42-30(34-27)28(39)32-26(13-16-37-14-11-24(38)12-15-37)20-7-6-8-23(18-20)35-43(40,41)36(4)5/h6-8,18-19,22,24,26,35,38H,9-17H2,1-5H3,(H,32,39)/t22-,26+/m0/s1. The fourth-order valence-electron chi connectivity index (χ4n) is 5.90. The number of likely N-dealkylation sites (tertiary alicyclic amines) is 1. The number of nitrogens with one attached hydrogen (secondary N) is 2. The highest BCUT2D eigenvalue weighted by Gasteiger charge is 2.30. The summed E-state index contributed by atoms with van der Waals surface area (Å²) >= 11 is 1.31. The van der Waals surface area contributed by atoms with Gasteiger partial charge in [-0.1, -0.05) is 44.2 Å². The summed E-state index contributed by atoms with van der Waals surface area (Å²) in [5.74, 6) is 0.314. The van der Waals surface area contributed by atoms with Crippen LogP contribution in [0.1, 0.15) is 79.1 Å². The van der Waals surface area contributed by atoms with Crippen LogP contribution in [0.4, 0.5) is 5.69 Å². The van der Waals surface area contributed by atoms with Gasteiger partial charge in [0, 0.05) is 39.4 Å². The van der Waals surface area contributed by atoms with Crippen molar-refractivity contribution >= 4 is 43.5 Å². The monoisotopic (exact) mass is 628 g/mol. The van der Waals surface area contributed by atoms with E-state index in [2.05, 4.69) is 41.8 Å². The number of aliphatic hydroxyl groups excluding tert-OH is 1. The molecule has 2 aromatic heterocycles. The van der Waals surface area contributed by atoms with E-state index in [9.17, 15) is 18.3 Å². The van der Waals surface area contributed by atoms with Crippen molar-refractivity contribution in [2.45, 2.75) is 71.4 Å². The number of thiazole rings is 1. The lowest BCUT2D eigenvalue weighted by Gasteiger charge is -2.34. The minimum Gasteiger partial charge on any atom is -0.393 e. The van der Waals surface area contributed by atoms with Crippen LogP contribution in [0, 0.1) is 11.3 Å². The molecule has 2 atom stereocenters. The van der Waals surface area contributed by atoms with Crippen molar-refractivity contribution in [3.8, 4) is 0 Å². The Hall–Kier alpha value is -2.64. The second-order valence-corrected chi connectivity index (χ2v) is 16.0. The zero-order valence-corrected chi connectivity index (χ0v) is 27.4. The second kappa shape index (κ2) is 12.8. The smallest absolute Gasteiger partial charge is 0.301 e. The Bertz CT molecular complexity index is 1560. The molecule has 0 bridgehead atoms. The topological polar surface area (TPSA) is 128 Å². The van der Waals surface area contributed by atoms with Crippen LogP contribution in [0.5, 0.6) is 0 Å². The number of hydrogen-bond acceptors (Lipinski definition) is 8. The number of nitrogens with zero attached hydrogens (tertiary/aromatic N) is 4. The van der Waals surface area contributed by atoms with Crippen molar-refractivity contribution in [3.05, 3.63) is 52.2 Å². The van der Waals surface area contributed by atoms with Gasteiger partial charge in [-0.2, -0.15) is 12.7 Å². The molecule has 2 aliphatic rings. The van der Waals surface area contributed by atoms with E-state index >= 15 is 0 Å². The highest BCUT2D eigenvalue weighted by Crippen LogP contribution is 2.38. The number of fused-ring (bicyclic) bond motifs is 2. The average molecular weight is 629 g/mol. The van der Waals surface area contributed by atoms with Crippen molar-refractivity contribution in [1.29, 1.82) is 0 Å². The largest absolute Gasteiger partial charge is 0.393 e. The molecule has 5 rings (SSSR count). The van der Waals surface area contributed by atoms with Crippen molar-refractivity contribution in [2.24, 2.45) is 11.3 Å². The lowest BCUT2D eigenvalue weighted by Crippen LogP contribution is -2.38. The zero-order chi connectivity index (χ0) is 30.9. The first kappa shape index (κ1) is 31.8. The third-order valence-electron chi connectivity index (χ3n) is 8.78. The van der Waals surface area contributed by atoms with Crippen LogP contribution in [0.25, 0.3) is 10.3 Å². The third-order valence-corrected chi connectivity index (χ3v) is 11.2. The van der Waals surface area contributed by atoms with Crippen LogP contribution in [-0.4, -0.2) is 78.4 Å². The maximum absolute atomic E-state index is 13.6. The maximum atomic E-state index is 13.6. The number of anilines is 1. The highest BCUT2D eigenvalue weighted by molar-refractivity contribution is 7.90. The summed E-state index contributed by atoms with van der Waals surface area (Å²) in [5, 5.41) is 13.5. The number of pyridine rings is 1. The molecular weight excluding hydrogens is 585 g/mol. The van der Waals surface area contributed by atoms with Gasteiger partial charge < -0.3 is 15.3 Å². The van der Waals surface area contributed by atoms with Crippen molar-refractivity contribution in [2.75, 3.05) is 38.5 Å². The summed E-state index contributed by atoms with van der Waals surface area (Å²) < 4.78 is 28.6. The summed E-state index contributed by atoms with van der Waals surface area (Å²) in [7, 11) is -0.741. The van der Waals surface area contributed by atoms with Crippen LogP contribution >= 0.6 is 11.3 Å². The first-order chi connectivity index (χ1) is 20.3. The Morgan fingerprint density at radius 1 is 1.16 bits per heavy atom. The molecule has 0 radical (unpaired) electrons. The number of amides is 1. The molecule has 0 unspecified atom stereocenters. The molecular formula is C31H44N6O4S2. The number of aliphatic hydroxyl groups is 1. The van der Waals surface area contributed by atoms with Gasteiger partial charge in [-0.15, -0.1) is 0 Å². The third kappa shape index (κ3) is 7.72. The number of carbonyl (C=O) groups is 1. The van der Waals surface area contributed by atoms with E-state index < -0.39 is 10.2 Å². The molecule has 3 aromatic rings. The molecule has 0 spiro atoms. The van der Waals surface area contributed by atoms with E-state index in [1.807, 2.05) is 6.07 Å². The molecule has 1 aliphatic heterocycles. The average Bonchev–Trinajstić information content (AvgIpc) is 3.37. The molecule has 1 aliphatic carbocycles. The molecule has 43 heavy (non-hydrogen) atoms. The van der Waals surface area contributed by atoms with Gasteiger partial charge in [0.15, 0.2) is 5.01 Å². The van der Waals surface area contributed by atoms with Crippen LogP contribution < -0.4 is 10.0 Å². The summed E-state index contributed by atoms with van der Waals surface area (Å²) in [6, 6.07) is 8.90. The van der Waals surface area contributed by atoms with E-state index in [4.69, 9.17) is 9.97 Å². The highest BCUT2D eigenvalue weighted by atomic mass is 32.2. The lowest BCUT2D eigenvalue weighted by molar-refractivity contribution is 0.0795. The Balaban J connectivity index is 1.37. The number of aryl methyl sites for hydroxylation is 1. The number of hydrogen-bond donors (Lipinski definition) is 3. The maximum Gasteiger partial charge on any atom is 0.301 e. The number of benzene rings is 1. The van der Waals surface area contributed by atoms with Gasteiger partial charge in [-0.25, -0.2) is 9.97 Å². The minimum atomic E-state index is -3.68. The molecule has 1 fully saturated rings. The molecule has 1 amide bonds. The van der Waals surface area contributed by atoms with Crippen LogP contribution in [0.15, 0.2) is 30.3 Å². The van der Waals surface area contributed by atoms with Gasteiger partial charge in [0.25, 0.3) is 5.91 Å². The summed E-state index contributed by atoms with van der Waals surface area (Å²) in [4.78, 5) is 26.3. The van der Waals surface area contributed by atoms with E-state index in [1.165, 1.54) is 31.0 Å². The Morgan fingerprint density at radius 3 is 2.60 bits per heavy atom.